The number of aliphatic hydroxyl groups excluding tert-OH is 1. The second kappa shape index (κ2) is 6.12. The summed E-state index contributed by atoms with van der Waals surface area (Å²) < 4.78 is 2.40. The van der Waals surface area contributed by atoms with Gasteiger partial charge in [0.2, 0.25) is 0 Å². The summed E-state index contributed by atoms with van der Waals surface area (Å²) in [5.74, 6) is 0.185. The van der Waals surface area contributed by atoms with Gasteiger partial charge in [-0.05, 0) is 47.6 Å². The van der Waals surface area contributed by atoms with Crippen molar-refractivity contribution in [3.8, 4) is 0 Å². The largest absolute Gasteiger partial charge is 0.392 e. The SMILES string of the molecule is CSN1CCC2(CC1)CC(C(N)c1ccccc1C1=CC1(C)C)C2O. The lowest BCUT2D eigenvalue weighted by Gasteiger charge is -2.57. The fourth-order valence-electron chi connectivity index (χ4n) is 4.95. The highest BCUT2D eigenvalue weighted by molar-refractivity contribution is 7.96. The number of nitrogens with zero attached hydrogens (tertiary/aromatic N) is 1. The van der Waals surface area contributed by atoms with Gasteiger partial charge in [0.05, 0.1) is 6.10 Å². The molecule has 0 bridgehead atoms. The average molecular weight is 359 g/mol. The molecule has 1 aromatic rings. The molecule has 0 amide bonds. The van der Waals surface area contributed by atoms with Gasteiger partial charge in [0, 0.05) is 30.5 Å². The third-order valence-electron chi connectivity index (χ3n) is 6.84. The molecular formula is C21H30N2OS. The van der Waals surface area contributed by atoms with Gasteiger partial charge in [-0.2, -0.15) is 0 Å². The van der Waals surface area contributed by atoms with E-state index in [4.69, 9.17) is 5.73 Å². The maximum atomic E-state index is 11.0. The molecule has 0 aromatic heterocycles. The van der Waals surface area contributed by atoms with Crippen molar-refractivity contribution in [2.45, 2.75) is 45.3 Å². The fourth-order valence-corrected chi connectivity index (χ4v) is 5.49. The van der Waals surface area contributed by atoms with Gasteiger partial charge in [0.1, 0.15) is 0 Å². The molecule has 4 rings (SSSR count). The van der Waals surface area contributed by atoms with Crippen LogP contribution in [0.15, 0.2) is 30.3 Å². The van der Waals surface area contributed by atoms with Crippen molar-refractivity contribution >= 4 is 17.5 Å². The number of hydrogen-bond acceptors (Lipinski definition) is 4. The third kappa shape index (κ3) is 2.87. The maximum Gasteiger partial charge on any atom is 0.0643 e. The lowest BCUT2D eigenvalue weighted by atomic mass is 9.53. The van der Waals surface area contributed by atoms with E-state index in [2.05, 4.69) is 54.7 Å². The minimum absolute atomic E-state index is 0.0762. The number of nitrogens with two attached hydrogens (primary N) is 1. The monoisotopic (exact) mass is 358 g/mol. The van der Waals surface area contributed by atoms with Gasteiger partial charge in [-0.25, -0.2) is 0 Å². The summed E-state index contributed by atoms with van der Waals surface area (Å²) in [6.45, 7) is 6.66. The summed E-state index contributed by atoms with van der Waals surface area (Å²) in [6.07, 6.45) is 7.44. The van der Waals surface area contributed by atoms with Crippen LogP contribution in [0.4, 0.5) is 0 Å². The molecule has 136 valence electrons. The molecule has 3 unspecified atom stereocenters. The van der Waals surface area contributed by atoms with E-state index in [0.29, 0.717) is 0 Å². The maximum absolute atomic E-state index is 11.0. The van der Waals surface area contributed by atoms with E-state index in [1.807, 2.05) is 11.9 Å². The minimum atomic E-state index is -0.263. The first kappa shape index (κ1) is 17.6. The smallest absolute Gasteiger partial charge is 0.0643 e. The summed E-state index contributed by atoms with van der Waals surface area (Å²) in [5, 5.41) is 11.0. The second-order valence-corrected chi connectivity index (χ2v) is 9.56. The molecule has 2 fully saturated rings. The number of aliphatic hydroxyl groups is 1. The van der Waals surface area contributed by atoms with E-state index in [-0.39, 0.29) is 28.9 Å². The molecule has 2 aliphatic carbocycles. The van der Waals surface area contributed by atoms with Crippen LogP contribution < -0.4 is 5.73 Å². The molecule has 0 radical (unpaired) electrons. The molecule has 3 atom stereocenters. The van der Waals surface area contributed by atoms with Crippen LogP contribution in [0, 0.1) is 16.7 Å². The van der Waals surface area contributed by atoms with E-state index < -0.39 is 0 Å². The van der Waals surface area contributed by atoms with Gasteiger partial charge in [-0.1, -0.05) is 56.1 Å². The number of rotatable bonds is 4. The van der Waals surface area contributed by atoms with Crippen molar-refractivity contribution in [3.63, 3.8) is 0 Å². The minimum Gasteiger partial charge on any atom is -0.392 e. The number of hydrogen-bond donors (Lipinski definition) is 2. The van der Waals surface area contributed by atoms with Crippen LogP contribution >= 0.6 is 11.9 Å². The van der Waals surface area contributed by atoms with Crippen LogP contribution in [0.2, 0.25) is 0 Å². The molecule has 3 aliphatic rings. The predicted molar refractivity (Wildman–Crippen MR) is 106 cm³/mol. The molecule has 1 heterocycles. The van der Waals surface area contributed by atoms with E-state index in [0.717, 1.165) is 32.4 Å². The highest BCUT2D eigenvalue weighted by Gasteiger charge is 2.56. The Labute approximate surface area is 155 Å². The third-order valence-corrected chi connectivity index (χ3v) is 7.72. The van der Waals surface area contributed by atoms with E-state index in [1.165, 1.54) is 16.7 Å². The first-order chi connectivity index (χ1) is 11.9. The Morgan fingerprint density at radius 2 is 1.88 bits per heavy atom. The molecule has 4 heteroatoms. The summed E-state index contributed by atoms with van der Waals surface area (Å²) in [4.78, 5) is 0. The Morgan fingerprint density at radius 3 is 2.44 bits per heavy atom. The molecular weight excluding hydrogens is 328 g/mol. The summed E-state index contributed by atoms with van der Waals surface area (Å²) in [7, 11) is 0. The Balaban J connectivity index is 1.49. The van der Waals surface area contributed by atoms with Gasteiger partial charge in [0.15, 0.2) is 0 Å². The highest BCUT2D eigenvalue weighted by Crippen LogP contribution is 2.58. The van der Waals surface area contributed by atoms with Gasteiger partial charge in [0.25, 0.3) is 0 Å². The Kier molecular flexibility index (Phi) is 4.31. The Bertz CT molecular complexity index is 691. The van der Waals surface area contributed by atoms with Crippen molar-refractivity contribution in [2.24, 2.45) is 22.5 Å². The zero-order valence-corrected chi connectivity index (χ0v) is 16.4. The van der Waals surface area contributed by atoms with Crippen LogP contribution in [0.1, 0.15) is 50.3 Å². The molecule has 1 saturated heterocycles. The molecule has 1 aliphatic heterocycles. The lowest BCUT2D eigenvalue weighted by Crippen LogP contribution is -2.59. The standard InChI is InChI=1S/C21H30N2OS/c1-20(2)13-17(20)14-6-4-5-7-15(14)18(22)16-12-21(19(16)24)8-10-23(25-3)11-9-21/h4-7,13,16,18-19,24H,8-12,22H2,1-3H3. The zero-order chi connectivity index (χ0) is 17.8. The van der Waals surface area contributed by atoms with Gasteiger partial charge < -0.3 is 10.8 Å². The molecule has 3 N–H and O–H groups in total. The van der Waals surface area contributed by atoms with E-state index in [1.54, 1.807) is 0 Å². The lowest BCUT2D eigenvalue weighted by molar-refractivity contribution is -0.149. The molecule has 1 aromatic carbocycles. The predicted octanol–water partition coefficient (Wildman–Crippen LogP) is 3.85. The molecule has 25 heavy (non-hydrogen) atoms. The fraction of sp³-hybridized carbons (Fsp3) is 0.619. The Hall–Kier alpha value is -0.810. The zero-order valence-electron chi connectivity index (χ0n) is 15.5. The quantitative estimate of drug-likeness (QED) is 0.803. The number of piperidine rings is 1. The van der Waals surface area contributed by atoms with Crippen molar-refractivity contribution in [1.29, 1.82) is 0 Å². The first-order valence-corrected chi connectivity index (χ1v) is 10.6. The van der Waals surface area contributed by atoms with Gasteiger partial charge in [-0.15, -0.1) is 0 Å². The van der Waals surface area contributed by atoms with Crippen LogP contribution in [0.25, 0.3) is 5.57 Å². The normalized spacial score (nSPS) is 31.3. The van der Waals surface area contributed by atoms with E-state index >= 15 is 0 Å². The summed E-state index contributed by atoms with van der Waals surface area (Å²) in [5.41, 5.74) is 10.9. The highest BCUT2D eigenvalue weighted by atomic mass is 32.2. The molecule has 3 nitrogen and oxygen atoms in total. The van der Waals surface area contributed by atoms with Crippen LogP contribution in [-0.2, 0) is 0 Å². The van der Waals surface area contributed by atoms with Crippen molar-refractivity contribution in [3.05, 3.63) is 41.5 Å². The van der Waals surface area contributed by atoms with E-state index in [9.17, 15) is 5.11 Å². The van der Waals surface area contributed by atoms with Gasteiger partial charge in [-0.3, -0.25) is 4.31 Å². The Morgan fingerprint density at radius 1 is 1.24 bits per heavy atom. The molecule has 1 spiro atoms. The van der Waals surface area contributed by atoms with Crippen LogP contribution in [0.5, 0.6) is 0 Å². The first-order valence-electron chi connectivity index (χ1n) is 9.43. The van der Waals surface area contributed by atoms with Crippen molar-refractivity contribution < 1.29 is 5.11 Å². The van der Waals surface area contributed by atoms with Crippen molar-refractivity contribution in [1.82, 2.24) is 4.31 Å². The van der Waals surface area contributed by atoms with Gasteiger partial charge >= 0.3 is 0 Å². The summed E-state index contributed by atoms with van der Waals surface area (Å²) in [6, 6.07) is 8.44. The van der Waals surface area contributed by atoms with Crippen LogP contribution in [0.3, 0.4) is 0 Å². The second-order valence-electron chi connectivity index (χ2n) is 8.68. The van der Waals surface area contributed by atoms with Crippen LogP contribution in [-0.4, -0.2) is 34.9 Å². The summed E-state index contributed by atoms with van der Waals surface area (Å²) >= 11 is 1.82. The van der Waals surface area contributed by atoms with Crippen molar-refractivity contribution in [2.75, 3.05) is 19.3 Å². The topological polar surface area (TPSA) is 49.5 Å². The number of allylic oxidation sites excluding steroid dienone is 2. The average Bonchev–Trinajstić information content (AvgIpc) is 3.27. The number of benzene rings is 1. The molecule has 1 saturated carbocycles.